The van der Waals surface area contributed by atoms with Crippen LogP contribution in [0.15, 0.2) is 23.2 Å². The number of guanidine groups is 1. The van der Waals surface area contributed by atoms with Crippen molar-refractivity contribution in [3.05, 3.63) is 34.6 Å². The molecule has 26 heavy (non-hydrogen) atoms. The number of rotatable bonds is 5. The maximum absolute atomic E-state index is 13.3. The average Bonchev–Trinajstić information content (AvgIpc) is 2.56. The summed E-state index contributed by atoms with van der Waals surface area (Å²) in [6, 6.07) is 4.58. The number of hydrogen-bond donors (Lipinski definition) is 1. The number of piperidine rings is 1. The first-order chi connectivity index (χ1) is 11.9. The topological polar surface area (TPSA) is 36.9 Å². The van der Waals surface area contributed by atoms with Crippen molar-refractivity contribution in [2.24, 2.45) is 4.99 Å². The second kappa shape index (κ2) is 10.7. The summed E-state index contributed by atoms with van der Waals surface area (Å²) in [5.74, 6) is 0.576. The summed E-state index contributed by atoms with van der Waals surface area (Å²) in [5, 5.41) is 3.91. The van der Waals surface area contributed by atoms with E-state index in [0.29, 0.717) is 17.7 Å². The molecule has 1 aromatic rings. The third-order valence-corrected chi connectivity index (χ3v) is 5.02. The van der Waals surface area contributed by atoms with E-state index >= 15 is 0 Å². The van der Waals surface area contributed by atoms with E-state index < -0.39 is 0 Å². The van der Waals surface area contributed by atoms with E-state index in [1.54, 1.807) is 13.1 Å². The molecule has 0 amide bonds. The Bertz CT molecular complexity index is 604. The Kier molecular flexibility index (Phi) is 9.61. The molecule has 0 spiro atoms. The van der Waals surface area contributed by atoms with Gasteiger partial charge in [0.05, 0.1) is 6.10 Å². The fraction of sp³-hybridized carbons (Fsp3) is 0.632. The molecule has 0 saturated carbocycles. The number of aliphatic imine (C=N–C) groups is 1. The van der Waals surface area contributed by atoms with Crippen molar-refractivity contribution in [3.8, 4) is 0 Å². The first-order valence-corrected chi connectivity index (χ1v) is 9.28. The van der Waals surface area contributed by atoms with E-state index in [-0.39, 0.29) is 35.2 Å². The van der Waals surface area contributed by atoms with Gasteiger partial charge in [-0.2, -0.15) is 0 Å². The normalized spacial score (nSPS) is 16.4. The van der Waals surface area contributed by atoms with Crippen molar-refractivity contribution < 1.29 is 9.13 Å². The van der Waals surface area contributed by atoms with E-state index in [1.807, 2.05) is 6.92 Å². The van der Waals surface area contributed by atoms with Crippen molar-refractivity contribution in [1.29, 1.82) is 0 Å². The van der Waals surface area contributed by atoms with Crippen molar-refractivity contribution in [2.45, 2.75) is 45.1 Å². The largest absolute Gasteiger partial charge is 0.378 e. The third kappa shape index (κ3) is 6.23. The molecule has 1 fully saturated rings. The Hall–Kier alpha value is -0.600. The fourth-order valence-corrected chi connectivity index (χ4v) is 3.66. The summed E-state index contributed by atoms with van der Waals surface area (Å²) >= 11 is 6.24. The molecule has 0 atom stereocenters. The number of halogens is 3. The third-order valence-electron chi connectivity index (χ3n) is 4.70. The molecule has 1 heterocycles. The minimum absolute atomic E-state index is 0. The van der Waals surface area contributed by atoms with Gasteiger partial charge in [0.25, 0.3) is 0 Å². The summed E-state index contributed by atoms with van der Waals surface area (Å²) in [5.41, 5.74) is 0.679. The molecule has 1 aliphatic rings. The molecule has 1 aliphatic heterocycles. The first-order valence-electron chi connectivity index (χ1n) is 8.90. The highest BCUT2D eigenvalue weighted by Crippen LogP contribution is 2.30. The Balaban J connectivity index is 0.00000338. The number of ether oxygens (including phenoxy) is 1. The Morgan fingerprint density at radius 3 is 2.58 bits per heavy atom. The summed E-state index contributed by atoms with van der Waals surface area (Å²) < 4.78 is 19.0. The molecule has 4 nitrogen and oxygen atoms in total. The lowest BCUT2D eigenvalue weighted by molar-refractivity contribution is 0.0263. The zero-order valence-electron chi connectivity index (χ0n) is 16.0. The quantitative estimate of drug-likeness (QED) is 0.371. The van der Waals surface area contributed by atoms with Gasteiger partial charge in [0.15, 0.2) is 5.96 Å². The maximum atomic E-state index is 13.3. The minimum Gasteiger partial charge on any atom is -0.378 e. The molecule has 0 radical (unpaired) electrons. The van der Waals surface area contributed by atoms with E-state index in [2.05, 4.69) is 29.1 Å². The SMILES string of the molecule is CCOC1CCN(C(=NC)NCC(C)(C)c2ccc(F)cc2Cl)CC1.I. The number of nitrogens with one attached hydrogen (secondary N) is 1. The van der Waals surface area contributed by atoms with Crippen molar-refractivity contribution in [3.63, 3.8) is 0 Å². The van der Waals surface area contributed by atoms with Crippen molar-refractivity contribution >= 4 is 41.5 Å². The molecule has 2 rings (SSSR count). The minimum atomic E-state index is -0.314. The van der Waals surface area contributed by atoms with Gasteiger partial charge in [-0.1, -0.05) is 31.5 Å². The molecule has 0 aromatic heterocycles. The Morgan fingerprint density at radius 1 is 1.38 bits per heavy atom. The molecular weight excluding hydrogens is 468 g/mol. The number of benzene rings is 1. The van der Waals surface area contributed by atoms with Crippen LogP contribution < -0.4 is 5.32 Å². The second-order valence-electron chi connectivity index (χ2n) is 7.05. The van der Waals surface area contributed by atoms with Crippen LogP contribution in [0.25, 0.3) is 0 Å². The zero-order chi connectivity index (χ0) is 18.4. The molecular formula is C19H30ClFIN3O. The van der Waals surface area contributed by atoms with Crippen molar-refractivity contribution in [1.82, 2.24) is 10.2 Å². The second-order valence-corrected chi connectivity index (χ2v) is 7.46. The fourth-order valence-electron chi connectivity index (χ4n) is 3.24. The van der Waals surface area contributed by atoms with Crippen LogP contribution in [0.4, 0.5) is 4.39 Å². The smallest absolute Gasteiger partial charge is 0.193 e. The zero-order valence-corrected chi connectivity index (χ0v) is 19.1. The van der Waals surface area contributed by atoms with Crippen LogP contribution >= 0.6 is 35.6 Å². The van der Waals surface area contributed by atoms with Gasteiger partial charge < -0.3 is 15.0 Å². The molecule has 1 N–H and O–H groups in total. The number of likely N-dealkylation sites (tertiary alicyclic amines) is 1. The molecule has 1 aromatic carbocycles. The Morgan fingerprint density at radius 2 is 2.04 bits per heavy atom. The van der Waals surface area contributed by atoms with Crippen LogP contribution in [0, 0.1) is 5.82 Å². The highest BCUT2D eigenvalue weighted by Gasteiger charge is 2.26. The lowest BCUT2D eigenvalue weighted by atomic mass is 9.84. The van der Waals surface area contributed by atoms with Crippen LogP contribution in [0.2, 0.25) is 5.02 Å². The average molecular weight is 498 g/mol. The van der Waals surface area contributed by atoms with Gasteiger partial charge in [-0.3, -0.25) is 4.99 Å². The van der Waals surface area contributed by atoms with Gasteiger partial charge in [-0.05, 0) is 37.5 Å². The number of nitrogens with zero attached hydrogens (tertiary/aromatic N) is 2. The van der Waals surface area contributed by atoms with Gasteiger partial charge in [-0.25, -0.2) is 4.39 Å². The standard InChI is InChI=1S/C19H29ClFN3O.HI/c1-5-25-15-8-10-24(11-9-15)18(22-4)23-13-19(2,3)16-7-6-14(21)12-17(16)20;/h6-7,12,15H,5,8-11,13H2,1-4H3,(H,22,23);1H. The summed E-state index contributed by atoms with van der Waals surface area (Å²) in [6.07, 6.45) is 2.39. The van der Waals surface area contributed by atoms with E-state index in [0.717, 1.165) is 44.1 Å². The van der Waals surface area contributed by atoms with Crippen LogP contribution in [-0.4, -0.2) is 50.3 Å². The summed E-state index contributed by atoms with van der Waals surface area (Å²) in [4.78, 5) is 6.68. The highest BCUT2D eigenvalue weighted by atomic mass is 127. The van der Waals surface area contributed by atoms with Gasteiger partial charge in [-0.15, -0.1) is 24.0 Å². The lowest BCUT2D eigenvalue weighted by Gasteiger charge is -2.35. The summed E-state index contributed by atoms with van der Waals surface area (Å²) in [6.45, 7) is 9.52. The Labute approximate surface area is 178 Å². The first kappa shape index (κ1) is 23.4. The van der Waals surface area contributed by atoms with Gasteiger partial charge in [0.2, 0.25) is 0 Å². The highest BCUT2D eigenvalue weighted by molar-refractivity contribution is 14.0. The van der Waals surface area contributed by atoms with Crippen LogP contribution in [-0.2, 0) is 10.2 Å². The van der Waals surface area contributed by atoms with Gasteiger partial charge in [0.1, 0.15) is 5.82 Å². The van der Waals surface area contributed by atoms with Gasteiger partial charge in [0, 0.05) is 43.7 Å². The van der Waals surface area contributed by atoms with Crippen LogP contribution in [0.5, 0.6) is 0 Å². The van der Waals surface area contributed by atoms with Crippen molar-refractivity contribution in [2.75, 3.05) is 33.3 Å². The predicted octanol–water partition coefficient (Wildman–Crippen LogP) is 4.45. The molecule has 1 saturated heterocycles. The molecule has 0 bridgehead atoms. The van der Waals surface area contributed by atoms with E-state index in [1.165, 1.54) is 12.1 Å². The monoisotopic (exact) mass is 497 g/mol. The summed E-state index contributed by atoms with van der Waals surface area (Å²) in [7, 11) is 1.80. The molecule has 7 heteroatoms. The maximum Gasteiger partial charge on any atom is 0.193 e. The van der Waals surface area contributed by atoms with E-state index in [4.69, 9.17) is 16.3 Å². The molecule has 148 valence electrons. The predicted molar refractivity (Wildman–Crippen MR) is 117 cm³/mol. The van der Waals surface area contributed by atoms with Crippen LogP contribution in [0.1, 0.15) is 39.2 Å². The van der Waals surface area contributed by atoms with Crippen LogP contribution in [0.3, 0.4) is 0 Å². The lowest BCUT2D eigenvalue weighted by Crippen LogP contribution is -2.49. The van der Waals surface area contributed by atoms with Gasteiger partial charge >= 0.3 is 0 Å². The molecule has 0 aliphatic carbocycles. The molecule has 0 unspecified atom stereocenters. The van der Waals surface area contributed by atoms with E-state index in [9.17, 15) is 4.39 Å². The number of hydrogen-bond acceptors (Lipinski definition) is 2.